The summed E-state index contributed by atoms with van der Waals surface area (Å²) in [6, 6.07) is 8.53. The molecule has 6 heteroatoms. The molecule has 2 saturated heterocycles. The lowest BCUT2D eigenvalue weighted by Crippen LogP contribution is -2.41. The highest BCUT2D eigenvalue weighted by Crippen LogP contribution is 2.36. The summed E-state index contributed by atoms with van der Waals surface area (Å²) in [6.45, 7) is 9.76. The van der Waals surface area contributed by atoms with Gasteiger partial charge in [0, 0.05) is 13.1 Å². The fraction of sp³-hybridized carbons (Fsp3) is 0.632. The molecule has 0 aliphatic carbocycles. The normalized spacial score (nSPS) is 22.9. The Bertz CT molecular complexity index is 605. The first-order valence-corrected chi connectivity index (χ1v) is 9.02. The van der Waals surface area contributed by atoms with Gasteiger partial charge in [-0.25, -0.2) is 4.79 Å². The highest BCUT2D eigenvalue weighted by atomic mass is 16.7. The molecular formula is C19H28BNO4. The van der Waals surface area contributed by atoms with Crippen molar-refractivity contribution in [2.45, 2.75) is 57.7 Å². The molecule has 5 nitrogen and oxygen atoms in total. The van der Waals surface area contributed by atoms with Crippen LogP contribution < -0.4 is 5.46 Å². The number of piperidine rings is 1. The molecule has 2 aliphatic heterocycles. The Morgan fingerprint density at radius 3 is 2.08 bits per heavy atom. The molecule has 1 amide bonds. The number of ether oxygens (including phenoxy) is 1. The van der Waals surface area contributed by atoms with Crippen LogP contribution in [0.15, 0.2) is 24.3 Å². The zero-order valence-electron chi connectivity index (χ0n) is 15.9. The second-order valence-electron chi connectivity index (χ2n) is 7.99. The van der Waals surface area contributed by atoms with Crippen molar-refractivity contribution in [2.24, 2.45) is 0 Å². The number of benzene rings is 1. The van der Waals surface area contributed by atoms with Gasteiger partial charge in [0.2, 0.25) is 0 Å². The molecule has 25 heavy (non-hydrogen) atoms. The van der Waals surface area contributed by atoms with Gasteiger partial charge in [-0.15, -0.1) is 0 Å². The van der Waals surface area contributed by atoms with Crippen molar-refractivity contribution in [3.63, 3.8) is 0 Å². The first kappa shape index (κ1) is 18.3. The van der Waals surface area contributed by atoms with E-state index in [-0.39, 0.29) is 24.4 Å². The van der Waals surface area contributed by atoms with Crippen molar-refractivity contribution >= 4 is 18.7 Å². The Morgan fingerprint density at radius 1 is 1.08 bits per heavy atom. The Labute approximate surface area is 150 Å². The van der Waals surface area contributed by atoms with E-state index in [9.17, 15) is 4.79 Å². The van der Waals surface area contributed by atoms with Gasteiger partial charge in [0.15, 0.2) is 0 Å². The van der Waals surface area contributed by atoms with Crippen LogP contribution in [-0.2, 0) is 14.0 Å². The molecule has 0 bridgehead atoms. The third-order valence-corrected chi connectivity index (χ3v) is 5.86. The van der Waals surface area contributed by atoms with E-state index >= 15 is 0 Å². The number of carbonyl (C=O) groups excluding carboxylic acids is 1. The molecule has 2 aliphatic rings. The molecule has 0 N–H and O–H groups in total. The van der Waals surface area contributed by atoms with Crippen LogP contribution in [0.2, 0.25) is 0 Å². The maximum Gasteiger partial charge on any atom is 0.494 e. The minimum absolute atomic E-state index is 0.227. The summed E-state index contributed by atoms with van der Waals surface area (Å²) in [5.41, 5.74) is 1.72. The minimum atomic E-state index is -0.322. The van der Waals surface area contributed by atoms with Crippen molar-refractivity contribution < 1.29 is 18.8 Å². The number of hydrogen-bond donors (Lipinski definition) is 0. The monoisotopic (exact) mass is 345 g/mol. The van der Waals surface area contributed by atoms with Gasteiger partial charge in [0.1, 0.15) is 0 Å². The minimum Gasteiger partial charge on any atom is -0.453 e. The Hall–Kier alpha value is -1.53. The molecule has 3 rings (SSSR count). The van der Waals surface area contributed by atoms with E-state index in [2.05, 4.69) is 52.0 Å². The molecule has 0 atom stereocenters. The lowest BCUT2D eigenvalue weighted by molar-refractivity contribution is 0.00578. The number of hydrogen-bond acceptors (Lipinski definition) is 4. The average Bonchev–Trinajstić information content (AvgIpc) is 2.82. The van der Waals surface area contributed by atoms with Crippen LogP contribution in [0.4, 0.5) is 4.79 Å². The maximum absolute atomic E-state index is 11.6. The lowest BCUT2D eigenvalue weighted by atomic mass is 9.77. The van der Waals surface area contributed by atoms with Crippen LogP contribution >= 0.6 is 0 Å². The van der Waals surface area contributed by atoms with E-state index in [1.165, 1.54) is 12.7 Å². The van der Waals surface area contributed by atoms with Crippen molar-refractivity contribution in [1.29, 1.82) is 0 Å². The summed E-state index contributed by atoms with van der Waals surface area (Å²) < 4.78 is 17.0. The summed E-state index contributed by atoms with van der Waals surface area (Å²) in [7, 11) is 1.11. The summed E-state index contributed by atoms with van der Waals surface area (Å²) in [5, 5.41) is 0. The van der Waals surface area contributed by atoms with Gasteiger partial charge < -0.3 is 18.9 Å². The first-order valence-electron chi connectivity index (χ1n) is 9.02. The van der Waals surface area contributed by atoms with Gasteiger partial charge in [-0.2, -0.15) is 0 Å². The van der Waals surface area contributed by atoms with E-state index < -0.39 is 0 Å². The quantitative estimate of drug-likeness (QED) is 0.774. The topological polar surface area (TPSA) is 48.0 Å². The first-order chi connectivity index (χ1) is 11.7. The van der Waals surface area contributed by atoms with Crippen LogP contribution in [0, 0.1) is 0 Å². The predicted octanol–water partition coefficient (Wildman–Crippen LogP) is 2.93. The summed E-state index contributed by atoms with van der Waals surface area (Å²) in [6.07, 6.45) is 1.70. The smallest absolute Gasteiger partial charge is 0.453 e. The summed E-state index contributed by atoms with van der Waals surface area (Å²) >= 11 is 0. The van der Waals surface area contributed by atoms with Crippen molar-refractivity contribution in [3.05, 3.63) is 29.8 Å². The average molecular weight is 345 g/mol. The molecule has 1 aromatic carbocycles. The van der Waals surface area contributed by atoms with Gasteiger partial charge >= 0.3 is 13.2 Å². The van der Waals surface area contributed by atoms with Gasteiger partial charge in [0.05, 0.1) is 18.3 Å². The molecule has 0 saturated carbocycles. The molecule has 1 aromatic rings. The van der Waals surface area contributed by atoms with E-state index in [1.54, 1.807) is 4.90 Å². The number of nitrogens with zero attached hydrogens (tertiary/aromatic N) is 1. The lowest BCUT2D eigenvalue weighted by Gasteiger charge is -2.32. The largest absolute Gasteiger partial charge is 0.494 e. The van der Waals surface area contributed by atoms with Crippen molar-refractivity contribution in [2.75, 3.05) is 20.2 Å². The Kier molecular flexibility index (Phi) is 4.86. The van der Waals surface area contributed by atoms with Gasteiger partial charge in [0.25, 0.3) is 0 Å². The molecule has 0 radical (unpaired) electrons. The van der Waals surface area contributed by atoms with Crippen LogP contribution in [0.3, 0.4) is 0 Å². The Balaban J connectivity index is 1.63. The molecule has 136 valence electrons. The molecule has 2 heterocycles. The van der Waals surface area contributed by atoms with Gasteiger partial charge in [-0.05, 0) is 57.5 Å². The number of methoxy groups -OCH3 is 1. The number of amides is 1. The van der Waals surface area contributed by atoms with Crippen LogP contribution in [-0.4, -0.2) is 49.5 Å². The second kappa shape index (κ2) is 6.65. The second-order valence-corrected chi connectivity index (χ2v) is 7.99. The third kappa shape index (κ3) is 3.56. The predicted molar refractivity (Wildman–Crippen MR) is 98.1 cm³/mol. The number of likely N-dealkylation sites (tertiary alicyclic amines) is 1. The molecular weight excluding hydrogens is 317 g/mol. The van der Waals surface area contributed by atoms with E-state index in [4.69, 9.17) is 14.0 Å². The zero-order chi connectivity index (χ0) is 18.2. The van der Waals surface area contributed by atoms with Gasteiger partial charge in [-0.1, -0.05) is 24.3 Å². The SMILES string of the molecule is COC(=O)N1CCC(c2ccc(B3OC(C)(C)C(C)(C)O3)cc2)CC1. The highest BCUT2D eigenvalue weighted by molar-refractivity contribution is 6.62. The van der Waals surface area contributed by atoms with Crippen molar-refractivity contribution in [3.8, 4) is 0 Å². The number of rotatable bonds is 2. The number of carbonyl (C=O) groups is 1. The van der Waals surface area contributed by atoms with Crippen LogP contribution in [0.1, 0.15) is 52.0 Å². The molecule has 2 fully saturated rings. The van der Waals surface area contributed by atoms with E-state index in [1.807, 2.05) is 0 Å². The zero-order valence-corrected chi connectivity index (χ0v) is 15.9. The third-order valence-electron chi connectivity index (χ3n) is 5.86. The van der Waals surface area contributed by atoms with Crippen LogP contribution in [0.25, 0.3) is 0 Å². The summed E-state index contributed by atoms with van der Waals surface area (Å²) in [5.74, 6) is 0.480. The fourth-order valence-corrected chi connectivity index (χ4v) is 3.43. The highest BCUT2D eigenvalue weighted by Gasteiger charge is 2.51. The standard InChI is InChI=1S/C19H28BNO4/c1-18(2)19(3,4)25-20(24-18)16-8-6-14(7-9-16)15-10-12-21(13-11-15)17(22)23-5/h6-9,15H,10-13H2,1-5H3. The Morgan fingerprint density at radius 2 is 1.60 bits per heavy atom. The molecule has 0 unspecified atom stereocenters. The van der Waals surface area contributed by atoms with E-state index in [0.29, 0.717) is 5.92 Å². The summed E-state index contributed by atoms with van der Waals surface area (Å²) in [4.78, 5) is 13.4. The van der Waals surface area contributed by atoms with E-state index in [0.717, 1.165) is 31.4 Å². The van der Waals surface area contributed by atoms with Gasteiger partial charge in [-0.3, -0.25) is 0 Å². The van der Waals surface area contributed by atoms with Crippen LogP contribution in [0.5, 0.6) is 0 Å². The maximum atomic E-state index is 11.6. The molecule has 0 spiro atoms. The molecule has 0 aromatic heterocycles. The fourth-order valence-electron chi connectivity index (χ4n) is 3.43. The van der Waals surface area contributed by atoms with Crippen molar-refractivity contribution in [1.82, 2.24) is 4.90 Å².